The van der Waals surface area contributed by atoms with E-state index in [0.717, 1.165) is 12.5 Å². The highest BCUT2D eigenvalue weighted by molar-refractivity contribution is 5.50. The predicted molar refractivity (Wildman–Crippen MR) is 77.3 cm³/mol. The summed E-state index contributed by atoms with van der Waals surface area (Å²) in [6.07, 6.45) is 0.832. The first kappa shape index (κ1) is 16.6. The SMILES string of the molecule is CCNc1nc(N(CCOC)C(C)CC)c(F)cc1F. The average Bonchev–Trinajstić information content (AvgIpc) is 2.43. The number of ether oxygens (including phenoxy) is 1. The Balaban J connectivity index is 3.13. The quantitative estimate of drug-likeness (QED) is 0.797. The summed E-state index contributed by atoms with van der Waals surface area (Å²) in [4.78, 5) is 5.90. The van der Waals surface area contributed by atoms with E-state index in [0.29, 0.717) is 19.7 Å². The molecule has 0 saturated heterocycles. The lowest BCUT2D eigenvalue weighted by molar-refractivity contribution is 0.203. The van der Waals surface area contributed by atoms with Crippen molar-refractivity contribution in [3.8, 4) is 0 Å². The molecule has 1 aromatic rings. The van der Waals surface area contributed by atoms with Gasteiger partial charge in [0.15, 0.2) is 23.3 Å². The third-order valence-corrected chi connectivity index (χ3v) is 3.19. The van der Waals surface area contributed by atoms with Crippen molar-refractivity contribution in [1.82, 2.24) is 4.98 Å². The highest BCUT2D eigenvalue weighted by Crippen LogP contribution is 2.24. The van der Waals surface area contributed by atoms with Gasteiger partial charge in [-0.15, -0.1) is 0 Å². The van der Waals surface area contributed by atoms with E-state index >= 15 is 0 Å². The van der Waals surface area contributed by atoms with Gasteiger partial charge in [-0.1, -0.05) is 6.92 Å². The molecule has 1 rings (SSSR count). The Morgan fingerprint density at radius 3 is 2.60 bits per heavy atom. The number of nitrogens with one attached hydrogen (secondary N) is 1. The maximum absolute atomic E-state index is 14.0. The lowest BCUT2D eigenvalue weighted by atomic mass is 10.2. The third-order valence-electron chi connectivity index (χ3n) is 3.19. The van der Waals surface area contributed by atoms with Crippen LogP contribution in [-0.2, 0) is 4.74 Å². The van der Waals surface area contributed by atoms with Crippen LogP contribution in [0.5, 0.6) is 0 Å². The summed E-state index contributed by atoms with van der Waals surface area (Å²) < 4.78 is 32.7. The van der Waals surface area contributed by atoms with E-state index in [1.807, 2.05) is 20.8 Å². The molecule has 0 saturated carbocycles. The highest BCUT2D eigenvalue weighted by Gasteiger charge is 2.20. The number of hydrogen-bond donors (Lipinski definition) is 1. The molecule has 1 unspecified atom stereocenters. The monoisotopic (exact) mass is 287 g/mol. The second-order valence-corrected chi connectivity index (χ2v) is 4.60. The minimum Gasteiger partial charge on any atom is -0.383 e. The van der Waals surface area contributed by atoms with Crippen molar-refractivity contribution in [3.63, 3.8) is 0 Å². The summed E-state index contributed by atoms with van der Waals surface area (Å²) in [5.74, 6) is -1.09. The molecular weight excluding hydrogens is 264 g/mol. The van der Waals surface area contributed by atoms with Crippen LogP contribution in [0.15, 0.2) is 6.07 Å². The number of nitrogens with zero attached hydrogens (tertiary/aromatic N) is 2. The molecule has 114 valence electrons. The second kappa shape index (κ2) is 7.99. The van der Waals surface area contributed by atoms with Crippen LogP contribution in [0, 0.1) is 11.6 Å². The summed E-state index contributed by atoms with van der Waals surface area (Å²) in [5, 5.41) is 2.80. The predicted octanol–water partition coefficient (Wildman–Crippen LogP) is 3.04. The number of halogens is 2. The van der Waals surface area contributed by atoms with E-state index in [9.17, 15) is 8.78 Å². The summed E-state index contributed by atoms with van der Waals surface area (Å²) in [7, 11) is 1.59. The Kier molecular flexibility index (Phi) is 6.64. The lowest BCUT2D eigenvalue weighted by Crippen LogP contribution is -2.37. The first-order chi connectivity index (χ1) is 9.54. The largest absolute Gasteiger partial charge is 0.383 e. The van der Waals surface area contributed by atoms with Gasteiger partial charge in [0.2, 0.25) is 0 Å². The zero-order chi connectivity index (χ0) is 15.1. The van der Waals surface area contributed by atoms with E-state index in [1.54, 1.807) is 12.0 Å². The Hall–Kier alpha value is -1.43. The van der Waals surface area contributed by atoms with E-state index in [4.69, 9.17) is 4.74 Å². The minimum atomic E-state index is -0.677. The molecule has 1 atom stereocenters. The molecule has 4 nitrogen and oxygen atoms in total. The van der Waals surface area contributed by atoms with Crippen LogP contribution in [0.1, 0.15) is 27.2 Å². The standard InChI is InChI=1S/C14H23F2N3O/c1-5-10(3)19(7-8-20-4)14-12(16)9-11(15)13(18-14)17-6-2/h9-10H,5-8H2,1-4H3,(H,17,18). The van der Waals surface area contributed by atoms with Gasteiger partial charge >= 0.3 is 0 Å². The molecule has 20 heavy (non-hydrogen) atoms. The van der Waals surface area contributed by atoms with Crippen molar-refractivity contribution in [1.29, 1.82) is 0 Å². The van der Waals surface area contributed by atoms with Crippen molar-refractivity contribution in [3.05, 3.63) is 17.7 Å². The zero-order valence-electron chi connectivity index (χ0n) is 12.5. The first-order valence-corrected chi connectivity index (χ1v) is 6.90. The van der Waals surface area contributed by atoms with Crippen LogP contribution >= 0.6 is 0 Å². The number of anilines is 2. The van der Waals surface area contributed by atoms with Crippen molar-refractivity contribution in [2.24, 2.45) is 0 Å². The number of hydrogen-bond acceptors (Lipinski definition) is 4. The number of pyridine rings is 1. The van der Waals surface area contributed by atoms with Gasteiger partial charge in [-0.2, -0.15) is 0 Å². The fraction of sp³-hybridized carbons (Fsp3) is 0.643. The van der Waals surface area contributed by atoms with Crippen LogP contribution in [0.3, 0.4) is 0 Å². The normalized spacial score (nSPS) is 12.3. The zero-order valence-corrected chi connectivity index (χ0v) is 12.5. The molecule has 0 radical (unpaired) electrons. The number of methoxy groups -OCH3 is 1. The smallest absolute Gasteiger partial charge is 0.168 e. The van der Waals surface area contributed by atoms with Gasteiger partial charge in [0, 0.05) is 32.3 Å². The molecule has 6 heteroatoms. The van der Waals surface area contributed by atoms with Crippen molar-refractivity contribution < 1.29 is 13.5 Å². The fourth-order valence-electron chi connectivity index (χ4n) is 1.89. The average molecular weight is 287 g/mol. The maximum Gasteiger partial charge on any atom is 0.168 e. The summed E-state index contributed by atoms with van der Waals surface area (Å²) in [5.41, 5.74) is 0. The summed E-state index contributed by atoms with van der Waals surface area (Å²) >= 11 is 0. The lowest BCUT2D eigenvalue weighted by Gasteiger charge is -2.30. The van der Waals surface area contributed by atoms with E-state index < -0.39 is 11.6 Å². The molecule has 1 aromatic heterocycles. The molecule has 0 fully saturated rings. The highest BCUT2D eigenvalue weighted by atomic mass is 19.1. The van der Waals surface area contributed by atoms with Crippen molar-refractivity contribution in [2.45, 2.75) is 33.2 Å². The first-order valence-electron chi connectivity index (χ1n) is 6.90. The Morgan fingerprint density at radius 2 is 2.05 bits per heavy atom. The van der Waals surface area contributed by atoms with E-state index in [-0.39, 0.29) is 17.7 Å². The molecule has 1 heterocycles. The van der Waals surface area contributed by atoms with Crippen LogP contribution < -0.4 is 10.2 Å². The molecule has 0 aliphatic rings. The van der Waals surface area contributed by atoms with Gasteiger partial charge in [0.05, 0.1) is 6.61 Å². The van der Waals surface area contributed by atoms with Crippen LogP contribution in [0.25, 0.3) is 0 Å². The molecule has 0 aliphatic carbocycles. The second-order valence-electron chi connectivity index (χ2n) is 4.60. The van der Waals surface area contributed by atoms with Gasteiger partial charge < -0.3 is 15.0 Å². The fourth-order valence-corrected chi connectivity index (χ4v) is 1.89. The van der Waals surface area contributed by atoms with Crippen LogP contribution in [0.4, 0.5) is 20.4 Å². The van der Waals surface area contributed by atoms with Crippen LogP contribution in [-0.4, -0.2) is 37.8 Å². The van der Waals surface area contributed by atoms with Gasteiger partial charge in [-0.25, -0.2) is 13.8 Å². The molecular formula is C14H23F2N3O. The third kappa shape index (κ3) is 4.03. The summed E-state index contributed by atoms with van der Waals surface area (Å²) in [6.45, 7) is 7.31. The topological polar surface area (TPSA) is 37.4 Å². The Bertz CT molecular complexity index is 429. The van der Waals surface area contributed by atoms with Gasteiger partial charge in [0.1, 0.15) is 0 Å². The molecule has 0 spiro atoms. The van der Waals surface area contributed by atoms with Crippen molar-refractivity contribution in [2.75, 3.05) is 37.0 Å². The number of aromatic nitrogens is 1. The van der Waals surface area contributed by atoms with E-state index in [1.165, 1.54) is 0 Å². The Labute approximate surface area is 119 Å². The van der Waals surface area contributed by atoms with Gasteiger partial charge in [-0.05, 0) is 20.3 Å². The molecule has 0 amide bonds. The van der Waals surface area contributed by atoms with Crippen molar-refractivity contribution >= 4 is 11.6 Å². The molecule has 0 bridgehead atoms. The number of rotatable bonds is 8. The minimum absolute atomic E-state index is 0.0784. The van der Waals surface area contributed by atoms with E-state index in [2.05, 4.69) is 10.3 Å². The van der Waals surface area contributed by atoms with Crippen LogP contribution in [0.2, 0.25) is 0 Å². The molecule has 0 aliphatic heterocycles. The van der Waals surface area contributed by atoms with Gasteiger partial charge in [-0.3, -0.25) is 0 Å². The maximum atomic E-state index is 14.0. The van der Waals surface area contributed by atoms with Gasteiger partial charge in [0.25, 0.3) is 0 Å². The molecule has 0 aromatic carbocycles. The Morgan fingerprint density at radius 1 is 1.35 bits per heavy atom. The molecule has 1 N–H and O–H groups in total. The summed E-state index contributed by atoms with van der Waals surface area (Å²) in [6, 6.07) is 0.967.